The van der Waals surface area contributed by atoms with Crippen LogP contribution in [0, 0.1) is 0 Å². The second kappa shape index (κ2) is 4910. The first kappa shape index (κ1) is 7530. The molecule has 7 nitrogen and oxygen atoms in total. The van der Waals surface area contributed by atoms with Gasteiger partial charge in [0.1, 0.15) is 0 Å². The van der Waals surface area contributed by atoms with E-state index in [4.69, 9.17) is 0 Å². The Morgan fingerprint density at radius 3 is 0.250 bits per heavy atom. The summed E-state index contributed by atoms with van der Waals surface area (Å²) in [4.78, 5) is 0. The van der Waals surface area contributed by atoms with Crippen LogP contribution >= 0.6 is 0 Å². The molecule has 8 heavy (non-hydrogen) atoms. The summed E-state index contributed by atoms with van der Waals surface area (Å²) >= 11 is 0. The molecule has 0 saturated carbocycles. The van der Waals surface area contributed by atoms with Gasteiger partial charge in [0.2, 0.25) is 0 Å². The maximum absolute atomic E-state index is 0. The minimum atomic E-state index is 0. The second-order valence-corrected chi connectivity index (χ2v) is 0. The van der Waals surface area contributed by atoms with E-state index in [9.17, 15) is 0 Å². The SMILES string of the molecule is O.O.O.O.O.O.O.[Fe]. The van der Waals surface area contributed by atoms with Gasteiger partial charge in [0.25, 0.3) is 0 Å². The Balaban J connectivity index is 0. The molecule has 0 saturated heterocycles. The van der Waals surface area contributed by atoms with Crippen LogP contribution in [0.2, 0.25) is 0 Å². The van der Waals surface area contributed by atoms with Gasteiger partial charge in [-0.05, 0) is 0 Å². The van der Waals surface area contributed by atoms with E-state index in [-0.39, 0.29) is 55.4 Å². The van der Waals surface area contributed by atoms with Crippen LogP contribution in [0.1, 0.15) is 0 Å². The Morgan fingerprint density at radius 2 is 0.250 bits per heavy atom. The van der Waals surface area contributed by atoms with Crippen LogP contribution < -0.4 is 0 Å². The fourth-order valence-corrected chi connectivity index (χ4v) is 0. The molecule has 0 aromatic heterocycles. The summed E-state index contributed by atoms with van der Waals surface area (Å²) in [5, 5.41) is 0. The van der Waals surface area contributed by atoms with Gasteiger partial charge in [-0.2, -0.15) is 0 Å². The van der Waals surface area contributed by atoms with Crippen molar-refractivity contribution in [3.05, 3.63) is 0 Å². The molecule has 0 unspecified atom stereocenters. The Labute approximate surface area is 56.3 Å². The van der Waals surface area contributed by atoms with Crippen LogP contribution in [0.5, 0.6) is 0 Å². The first-order valence-electron chi connectivity index (χ1n) is 0. The predicted octanol–water partition coefficient (Wildman–Crippen LogP) is -5.78. The molecule has 0 atom stereocenters. The van der Waals surface area contributed by atoms with E-state index in [1.165, 1.54) is 0 Å². The van der Waals surface area contributed by atoms with Gasteiger partial charge in [0.05, 0.1) is 0 Å². The molecule has 0 spiro atoms. The Bertz CT molecular complexity index is 4.35. The average molecular weight is 182 g/mol. The summed E-state index contributed by atoms with van der Waals surface area (Å²) in [6.45, 7) is 0. The van der Waals surface area contributed by atoms with Crippen LogP contribution in [0.3, 0.4) is 0 Å². The van der Waals surface area contributed by atoms with Crippen LogP contribution in [-0.2, 0) is 17.1 Å². The molecule has 0 aromatic rings. The number of rotatable bonds is 0. The van der Waals surface area contributed by atoms with Gasteiger partial charge in [0.15, 0.2) is 0 Å². The molecule has 64 valence electrons. The van der Waals surface area contributed by atoms with Crippen molar-refractivity contribution in [2.45, 2.75) is 0 Å². The molecule has 0 bridgehead atoms. The van der Waals surface area contributed by atoms with Crippen molar-refractivity contribution in [1.29, 1.82) is 0 Å². The Kier molecular flexibility index (Phi) is 4630000. The number of hydrogen-bond acceptors (Lipinski definition) is 0. The van der Waals surface area contributed by atoms with Crippen molar-refractivity contribution in [2.24, 2.45) is 0 Å². The first-order chi connectivity index (χ1) is 0. The van der Waals surface area contributed by atoms with Gasteiger partial charge in [-0.15, -0.1) is 0 Å². The van der Waals surface area contributed by atoms with E-state index in [0.29, 0.717) is 0 Å². The molecule has 0 radical (unpaired) electrons. The smallest absolute Gasteiger partial charge is 0 e. The second-order valence-electron chi connectivity index (χ2n) is 0. The molecule has 0 amide bonds. The molecule has 0 aliphatic rings. The summed E-state index contributed by atoms with van der Waals surface area (Å²) < 4.78 is 0. The van der Waals surface area contributed by atoms with Crippen LogP contribution in [-0.4, -0.2) is 38.3 Å². The summed E-state index contributed by atoms with van der Waals surface area (Å²) in [6, 6.07) is 0. The van der Waals surface area contributed by atoms with Crippen molar-refractivity contribution >= 4 is 0 Å². The maximum Gasteiger partial charge on any atom is 0 e. The standard InChI is InChI=1S/Fe.7H2O/h;7*1H2. The van der Waals surface area contributed by atoms with E-state index in [0.717, 1.165) is 0 Å². The zero-order valence-electron chi connectivity index (χ0n) is 3.85. The number of hydrogen-bond donors (Lipinski definition) is 0. The predicted molar refractivity (Wildman–Crippen MR) is 25.3 cm³/mol. The van der Waals surface area contributed by atoms with E-state index >= 15 is 0 Å². The molecule has 0 rings (SSSR count). The first-order valence-corrected chi connectivity index (χ1v) is 0. The largest absolute Gasteiger partial charge is 0.412 e. The molecule has 14 N–H and O–H groups in total. The third kappa shape index (κ3) is 2990. The quantitative estimate of drug-likeness (QED) is 0.319. The van der Waals surface area contributed by atoms with Crippen LogP contribution in [0.4, 0.5) is 0 Å². The Hall–Kier alpha value is 0.239. The van der Waals surface area contributed by atoms with Crippen molar-refractivity contribution in [3.8, 4) is 0 Å². The minimum Gasteiger partial charge on any atom is -0.412 e. The Morgan fingerprint density at radius 1 is 0.250 bits per heavy atom. The minimum absolute atomic E-state index is 0. The maximum atomic E-state index is 0. The van der Waals surface area contributed by atoms with Gasteiger partial charge in [-0.25, -0.2) is 0 Å². The molecular formula is H14FeO7. The van der Waals surface area contributed by atoms with E-state index < -0.39 is 0 Å². The van der Waals surface area contributed by atoms with Gasteiger partial charge in [-0.3, -0.25) is 0 Å². The van der Waals surface area contributed by atoms with Crippen LogP contribution in [0.15, 0.2) is 0 Å². The summed E-state index contributed by atoms with van der Waals surface area (Å²) in [5.41, 5.74) is 0. The van der Waals surface area contributed by atoms with E-state index in [1.807, 2.05) is 0 Å². The average Bonchev–Trinajstić information content (AvgIpc) is 0. The molecule has 0 aliphatic carbocycles. The van der Waals surface area contributed by atoms with Crippen molar-refractivity contribution in [1.82, 2.24) is 0 Å². The normalized spacial score (nSPS) is 0. The van der Waals surface area contributed by atoms with Crippen LogP contribution in [0.25, 0.3) is 0 Å². The van der Waals surface area contributed by atoms with Crippen molar-refractivity contribution in [3.63, 3.8) is 0 Å². The topological polar surface area (TPSA) is 220 Å². The fraction of sp³-hybridized carbons (Fsp3) is 0. The van der Waals surface area contributed by atoms with Gasteiger partial charge in [0, 0.05) is 17.1 Å². The third-order valence-electron chi connectivity index (χ3n) is 0. The summed E-state index contributed by atoms with van der Waals surface area (Å²) in [7, 11) is 0. The fourth-order valence-electron chi connectivity index (χ4n) is 0. The van der Waals surface area contributed by atoms with Gasteiger partial charge < -0.3 is 38.3 Å². The monoisotopic (exact) mass is 182 g/mol. The molecule has 0 aliphatic heterocycles. The van der Waals surface area contributed by atoms with E-state index in [2.05, 4.69) is 0 Å². The summed E-state index contributed by atoms with van der Waals surface area (Å²) in [6.07, 6.45) is 0. The summed E-state index contributed by atoms with van der Waals surface area (Å²) in [5.74, 6) is 0. The molecular weight excluding hydrogens is 168 g/mol. The molecule has 0 heterocycles. The third-order valence-corrected chi connectivity index (χ3v) is 0. The molecule has 0 fully saturated rings. The molecule has 8 heteroatoms. The van der Waals surface area contributed by atoms with Gasteiger partial charge >= 0.3 is 0 Å². The van der Waals surface area contributed by atoms with Gasteiger partial charge in [-0.1, -0.05) is 0 Å². The zero-order valence-corrected chi connectivity index (χ0v) is 4.96. The molecule has 0 aromatic carbocycles. The zero-order chi connectivity index (χ0) is 0. The van der Waals surface area contributed by atoms with Crippen molar-refractivity contribution < 1.29 is 55.4 Å². The van der Waals surface area contributed by atoms with Crippen molar-refractivity contribution in [2.75, 3.05) is 0 Å². The van der Waals surface area contributed by atoms with E-state index in [1.54, 1.807) is 0 Å².